The topological polar surface area (TPSA) is 63.1 Å². The lowest BCUT2D eigenvalue weighted by molar-refractivity contribution is -0.173. The highest BCUT2D eigenvalue weighted by Gasteiger charge is 2.46. The van der Waals surface area contributed by atoms with E-state index in [0.29, 0.717) is 36.6 Å². The number of aromatic nitrogens is 3. The van der Waals surface area contributed by atoms with E-state index >= 15 is 0 Å². The quantitative estimate of drug-likeness (QED) is 0.858. The summed E-state index contributed by atoms with van der Waals surface area (Å²) in [6.07, 6.45) is -0.818. The minimum absolute atomic E-state index is 0.0463. The Morgan fingerprint density at radius 3 is 2.86 bits per heavy atom. The first-order valence-corrected chi connectivity index (χ1v) is 9.53. The van der Waals surface area contributed by atoms with Crippen LogP contribution < -0.4 is 5.32 Å². The number of pyridine rings is 1. The van der Waals surface area contributed by atoms with Crippen LogP contribution in [0.5, 0.6) is 0 Å². The predicted molar refractivity (Wildman–Crippen MR) is 96.9 cm³/mol. The van der Waals surface area contributed by atoms with Crippen molar-refractivity contribution in [2.45, 2.75) is 56.9 Å². The highest BCUT2D eigenvalue weighted by atomic mass is 19.4. The van der Waals surface area contributed by atoms with Gasteiger partial charge in [-0.2, -0.15) is 18.3 Å². The number of carbonyl (C=O) groups excluding carboxylic acids is 1. The van der Waals surface area contributed by atoms with Crippen molar-refractivity contribution >= 4 is 11.7 Å². The molecule has 0 aromatic carbocycles. The van der Waals surface area contributed by atoms with Crippen LogP contribution in [0.15, 0.2) is 30.5 Å². The molecule has 1 N–H and O–H groups in total. The van der Waals surface area contributed by atoms with E-state index in [4.69, 9.17) is 0 Å². The minimum atomic E-state index is -4.37. The molecule has 9 heteroatoms. The van der Waals surface area contributed by atoms with Crippen molar-refractivity contribution in [3.63, 3.8) is 0 Å². The molecule has 2 aromatic heterocycles. The van der Waals surface area contributed by atoms with E-state index in [1.807, 2.05) is 6.92 Å². The third-order valence-electron chi connectivity index (χ3n) is 5.52. The van der Waals surface area contributed by atoms with Gasteiger partial charge in [-0.05, 0) is 37.8 Å². The summed E-state index contributed by atoms with van der Waals surface area (Å²) in [5.74, 6) is 0.147. The summed E-state index contributed by atoms with van der Waals surface area (Å²) < 4.78 is 41.8. The molecule has 1 amide bonds. The van der Waals surface area contributed by atoms with Crippen molar-refractivity contribution in [3.05, 3.63) is 41.9 Å². The molecule has 1 fully saturated rings. The highest BCUT2D eigenvalue weighted by molar-refractivity contribution is 5.92. The predicted octanol–water partition coefficient (Wildman–Crippen LogP) is 3.95. The first kappa shape index (κ1) is 18.8. The molecule has 2 aliphatic heterocycles. The monoisotopic (exact) mass is 393 g/mol. The van der Waals surface area contributed by atoms with Gasteiger partial charge in [-0.25, -0.2) is 4.68 Å². The molecule has 1 saturated heterocycles. The lowest BCUT2D eigenvalue weighted by Gasteiger charge is -2.32. The summed E-state index contributed by atoms with van der Waals surface area (Å²) in [6, 6.07) is 4.53. The zero-order valence-electron chi connectivity index (χ0n) is 15.5. The SMILES string of the molecule is CC[C@@H]1C[C@H](C(F)(F)F)n2nc([C@H]3CCCN3C(=O)c3ccccn3)cc2N1. The Morgan fingerprint density at radius 1 is 1.36 bits per heavy atom. The fourth-order valence-electron chi connectivity index (χ4n) is 4.05. The molecule has 0 spiro atoms. The Morgan fingerprint density at radius 2 is 2.18 bits per heavy atom. The van der Waals surface area contributed by atoms with E-state index in [1.54, 1.807) is 35.4 Å². The fourth-order valence-corrected chi connectivity index (χ4v) is 4.05. The first-order chi connectivity index (χ1) is 13.4. The van der Waals surface area contributed by atoms with E-state index in [0.717, 1.165) is 11.1 Å². The number of fused-ring (bicyclic) bond motifs is 1. The second-order valence-electron chi connectivity index (χ2n) is 7.31. The Bertz CT molecular complexity index is 851. The Kier molecular flexibility index (Phi) is 4.76. The number of nitrogens with zero attached hydrogens (tertiary/aromatic N) is 4. The lowest BCUT2D eigenvalue weighted by Crippen LogP contribution is -2.39. The van der Waals surface area contributed by atoms with Crippen LogP contribution in [-0.2, 0) is 0 Å². The average Bonchev–Trinajstić information content (AvgIpc) is 3.32. The van der Waals surface area contributed by atoms with Crippen LogP contribution in [0.4, 0.5) is 19.0 Å². The molecule has 0 bridgehead atoms. The van der Waals surface area contributed by atoms with E-state index < -0.39 is 12.2 Å². The fraction of sp³-hybridized carbons (Fsp3) is 0.526. The molecule has 0 aliphatic carbocycles. The summed E-state index contributed by atoms with van der Waals surface area (Å²) in [5, 5.41) is 7.45. The first-order valence-electron chi connectivity index (χ1n) is 9.53. The number of nitrogens with one attached hydrogen (secondary N) is 1. The molecule has 28 heavy (non-hydrogen) atoms. The van der Waals surface area contributed by atoms with Crippen molar-refractivity contribution in [2.24, 2.45) is 0 Å². The third kappa shape index (κ3) is 3.33. The zero-order valence-corrected chi connectivity index (χ0v) is 15.5. The van der Waals surface area contributed by atoms with Gasteiger partial charge in [-0.3, -0.25) is 9.78 Å². The van der Waals surface area contributed by atoms with Crippen molar-refractivity contribution in [3.8, 4) is 0 Å². The van der Waals surface area contributed by atoms with Gasteiger partial charge in [-0.15, -0.1) is 0 Å². The lowest BCUT2D eigenvalue weighted by atomic mass is 10.0. The van der Waals surface area contributed by atoms with Gasteiger partial charge >= 0.3 is 6.18 Å². The molecule has 150 valence electrons. The van der Waals surface area contributed by atoms with Crippen LogP contribution in [0.1, 0.15) is 60.9 Å². The van der Waals surface area contributed by atoms with E-state index in [-0.39, 0.29) is 24.4 Å². The van der Waals surface area contributed by atoms with E-state index in [1.165, 1.54) is 0 Å². The summed E-state index contributed by atoms with van der Waals surface area (Å²) in [5.41, 5.74) is 0.825. The number of hydrogen-bond donors (Lipinski definition) is 1. The zero-order chi connectivity index (χ0) is 19.9. The molecule has 3 atom stereocenters. The van der Waals surface area contributed by atoms with Gasteiger partial charge in [0.2, 0.25) is 0 Å². The molecule has 0 unspecified atom stereocenters. The Balaban J connectivity index is 1.65. The Hall–Kier alpha value is -2.58. The highest BCUT2D eigenvalue weighted by Crippen LogP contribution is 2.42. The minimum Gasteiger partial charge on any atom is -0.367 e. The summed E-state index contributed by atoms with van der Waals surface area (Å²) in [6.45, 7) is 2.40. The maximum Gasteiger partial charge on any atom is 0.410 e. The number of carbonyl (C=O) groups is 1. The Labute approximate surface area is 160 Å². The van der Waals surface area contributed by atoms with Crippen LogP contribution in [0.3, 0.4) is 0 Å². The van der Waals surface area contributed by atoms with Crippen molar-refractivity contribution in [2.75, 3.05) is 11.9 Å². The number of rotatable bonds is 3. The standard InChI is InChI=1S/C19H22F3N5O/c1-2-12-10-16(19(20,21)22)27-17(24-12)11-14(25-27)15-7-5-9-26(15)18(28)13-6-3-4-8-23-13/h3-4,6,8,11-12,15-16,24H,2,5,7,9-10H2,1H3/t12-,15-,16-/m1/s1. The summed E-state index contributed by atoms with van der Waals surface area (Å²) in [4.78, 5) is 18.6. The number of alkyl halides is 3. The number of amides is 1. The molecule has 2 aliphatic rings. The van der Waals surface area contributed by atoms with Gasteiger partial charge in [0.15, 0.2) is 6.04 Å². The van der Waals surface area contributed by atoms with Gasteiger partial charge < -0.3 is 10.2 Å². The maximum atomic E-state index is 13.6. The molecule has 4 heterocycles. The second-order valence-corrected chi connectivity index (χ2v) is 7.31. The van der Waals surface area contributed by atoms with Crippen LogP contribution in [0, 0.1) is 0 Å². The molecule has 0 saturated carbocycles. The molecular formula is C19H22F3N5O. The number of anilines is 1. The maximum absolute atomic E-state index is 13.6. The van der Waals surface area contributed by atoms with Crippen LogP contribution >= 0.6 is 0 Å². The van der Waals surface area contributed by atoms with Crippen LogP contribution in [0.2, 0.25) is 0 Å². The van der Waals surface area contributed by atoms with Crippen LogP contribution in [-0.4, -0.2) is 44.3 Å². The molecule has 4 rings (SSSR count). The van der Waals surface area contributed by atoms with Gasteiger partial charge in [-0.1, -0.05) is 13.0 Å². The number of likely N-dealkylation sites (tertiary alicyclic amines) is 1. The molecular weight excluding hydrogens is 371 g/mol. The van der Waals surface area contributed by atoms with Crippen molar-refractivity contribution in [1.29, 1.82) is 0 Å². The summed E-state index contributed by atoms with van der Waals surface area (Å²) >= 11 is 0. The van der Waals surface area contributed by atoms with Gasteiger partial charge in [0.25, 0.3) is 5.91 Å². The van der Waals surface area contributed by atoms with E-state index in [9.17, 15) is 18.0 Å². The van der Waals surface area contributed by atoms with E-state index in [2.05, 4.69) is 15.4 Å². The van der Waals surface area contributed by atoms with Gasteiger partial charge in [0.05, 0.1) is 11.7 Å². The second kappa shape index (κ2) is 7.10. The largest absolute Gasteiger partial charge is 0.410 e. The number of halogens is 3. The normalized spacial score (nSPS) is 24.7. The third-order valence-corrected chi connectivity index (χ3v) is 5.52. The van der Waals surface area contributed by atoms with Gasteiger partial charge in [0, 0.05) is 24.8 Å². The van der Waals surface area contributed by atoms with Crippen LogP contribution in [0.25, 0.3) is 0 Å². The molecule has 6 nitrogen and oxygen atoms in total. The average molecular weight is 393 g/mol. The summed E-state index contributed by atoms with van der Waals surface area (Å²) in [7, 11) is 0. The molecule has 0 radical (unpaired) electrons. The number of hydrogen-bond acceptors (Lipinski definition) is 4. The van der Waals surface area contributed by atoms with Gasteiger partial charge in [0.1, 0.15) is 11.5 Å². The van der Waals surface area contributed by atoms with Crippen molar-refractivity contribution in [1.82, 2.24) is 19.7 Å². The van der Waals surface area contributed by atoms with Crippen molar-refractivity contribution < 1.29 is 18.0 Å². The smallest absolute Gasteiger partial charge is 0.367 e. The molecule has 2 aromatic rings.